The zero-order valence-electron chi connectivity index (χ0n) is 9.35. The molecule has 3 N–H and O–H groups in total. The fourth-order valence-corrected chi connectivity index (χ4v) is 2.09. The third-order valence-electron chi connectivity index (χ3n) is 2.97. The van der Waals surface area contributed by atoms with E-state index in [9.17, 15) is 4.79 Å². The Labute approximate surface area is 101 Å². The van der Waals surface area contributed by atoms with E-state index in [1.54, 1.807) is 10.9 Å². The molecule has 8 nitrogen and oxygen atoms in total. The summed E-state index contributed by atoms with van der Waals surface area (Å²) in [6, 6.07) is 0. The lowest BCUT2D eigenvalue weighted by atomic mass is 10.2. The minimum atomic E-state index is -0.948. The van der Waals surface area contributed by atoms with Crippen LogP contribution in [0.1, 0.15) is 19.1 Å². The first kappa shape index (κ1) is 10.9. The number of imidazole rings is 1. The maximum Gasteiger partial charge on any atom is 0.332 e. The standard InChI is InChI=1S/C10H11N5O3/c11-8-7-9(13-3-12-8)15(4-14-7)6-2-1-5(18-6)10(16)17/h3-6H,1-2H2,(H,16,17)(H2,11,12,13). The number of carbonyl (C=O) groups is 1. The summed E-state index contributed by atoms with van der Waals surface area (Å²) in [5.41, 5.74) is 6.74. The van der Waals surface area contributed by atoms with Crippen molar-refractivity contribution in [3.63, 3.8) is 0 Å². The van der Waals surface area contributed by atoms with Crippen LogP contribution >= 0.6 is 0 Å². The molecule has 1 aliphatic rings. The van der Waals surface area contributed by atoms with Gasteiger partial charge >= 0.3 is 5.97 Å². The fraction of sp³-hybridized carbons (Fsp3) is 0.400. The summed E-state index contributed by atoms with van der Waals surface area (Å²) < 4.78 is 7.13. The van der Waals surface area contributed by atoms with Crippen molar-refractivity contribution in [3.8, 4) is 0 Å². The number of nitrogen functional groups attached to an aromatic ring is 1. The van der Waals surface area contributed by atoms with Crippen LogP contribution in [0.2, 0.25) is 0 Å². The Bertz CT molecular complexity index is 611. The first-order valence-corrected chi connectivity index (χ1v) is 5.48. The number of ether oxygens (including phenoxy) is 1. The van der Waals surface area contributed by atoms with E-state index in [0.717, 1.165) is 0 Å². The van der Waals surface area contributed by atoms with Gasteiger partial charge in [-0.15, -0.1) is 0 Å². The maximum absolute atomic E-state index is 10.8. The predicted octanol–water partition coefficient (Wildman–Crippen LogP) is 0.171. The monoisotopic (exact) mass is 249 g/mol. The van der Waals surface area contributed by atoms with Crippen LogP contribution in [0.5, 0.6) is 0 Å². The topological polar surface area (TPSA) is 116 Å². The van der Waals surface area contributed by atoms with Crippen molar-refractivity contribution < 1.29 is 14.6 Å². The molecule has 8 heteroatoms. The van der Waals surface area contributed by atoms with Crippen molar-refractivity contribution in [2.75, 3.05) is 5.73 Å². The Morgan fingerprint density at radius 1 is 1.44 bits per heavy atom. The minimum Gasteiger partial charge on any atom is -0.479 e. The molecule has 2 unspecified atom stereocenters. The predicted molar refractivity (Wildman–Crippen MR) is 60.5 cm³/mol. The molecule has 1 fully saturated rings. The summed E-state index contributed by atoms with van der Waals surface area (Å²) >= 11 is 0. The third-order valence-corrected chi connectivity index (χ3v) is 2.97. The Morgan fingerprint density at radius 2 is 2.28 bits per heavy atom. The van der Waals surface area contributed by atoms with E-state index in [1.165, 1.54) is 6.33 Å². The number of hydrogen-bond acceptors (Lipinski definition) is 6. The second-order valence-electron chi connectivity index (χ2n) is 4.08. The van der Waals surface area contributed by atoms with Crippen molar-refractivity contribution in [2.45, 2.75) is 25.2 Å². The number of carboxylic acid groups (broad SMARTS) is 1. The van der Waals surface area contributed by atoms with Crippen LogP contribution in [0.25, 0.3) is 11.2 Å². The first-order chi connectivity index (χ1) is 8.66. The van der Waals surface area contributed by atoms with Gasteiger partial charge in [0.15, 0.2) is 17.6 Å². The van der Waals surface area contributed by atoms with Gasteiger partial charge in [0.05, 0.1) is 6.33 Å². The van der Waals surface area contributed by atoms with Gasteiger partial charge in [0.2, 0.25) is 0 Å². The summed E-state index contributed by atoms with van der Waals surface area (Å²) in [7, 11) is 0. The number of aliphatic carboxylic acids is 1. The molecule has 3 heterocycles. The SMILES string of the molecule is Nc1ncnc2c1ncn2C1CCC(C(=O)O)O1. The van der Waals surface area contributed by atoms with Crippen LogP contribution in [-0.2, 0) is 9.53 Å². The molecule has 2 aromatic rings. The van der Waals surface area contributed by atoms with Crippen molar-refractivity contribution in [1.82, 2.24) is 19.5 Å². The molecule has 0 saturated carbocycles. The smallest absolute Gasteiger partial charge is 0.332 e. The second-order valence-corrected chi connectivity index (χ2v) is 4.08. The largest absolute Gasteiger partial charge is 0.479 e. The number of anilines is 1. The molecule has 0 amide bonds. The number of carboxylic acids is 1. The highest BCUT2D eigenvalue weighted by molar-refractivity contribution is 5.81. The number of rotatable bonds is 2. The van der Waals surface area contributed by atoms with E-state index in [-0.39, 0.29) is 6.23 Å². The molecule has 0 bridgehead atoms. The van der Waals surface area contributed by atoms with Crippen LogP contribution in [-0.4, -0.2) is 36.7 Å². The number of aromatic nitrogens is 4. The van der Waals surface area contributed by atoms with Crippen molar-refractivity contribution >= 4 is 23.0 Å². The lowest BCUT2D eigenvalue weighted by Crippen LogP contribution is -2.19. The van der Waals surface area contributed by atoms with Gasteiger partial charge < -0.3 is 15.6 Å². The number of fused-ring (bicyclic) bond motifs is 1. The van der Waals surface area contributed by atoms with Gasteiger partial charge in [-0.3, -0.25) is 4.57 Å². The molecular weight excluding hydrogens is 238 g/mol. The van der Waals surface area contributed by atoms with Crippen LogP contribution in [0.4, 0.5) is 5.82 Å². The molecule has 94 valence electrons. The molecule has 2 aromatic heterocycles. The Balaban J connectivity index is 1.96. The van der Waals surface area contributed by atoms with E-state index in [0.29, 0.717) is 29.8 Å². The average molecular weight is 249 g/mol. The number of nitrogens with zero attached hydrogens (tertiary/aromatic N) is 4. The maximum atomic E-state index is 10.8. The van der Waals surface area contributed by atoms with E-state index >= 15 is 0 Å². The molecule has 3 rings (SSSR count). The van der Waals surface area contributed by atoms with Crippen LogP contribution < -0.4 is 5.73 Å². The molecule has 2 atom stereocenters. The Kier molecular flexibility index (Phi) is 2.37. The van der Waals surface area contributed by atoms with E-state index in [4.69, 9.17) is 15.6 Å². The third kappa shape index (κ3) is 1.58. The molecule has 18 heavy (non-hydrogen) atoms. The summed E-state index contributed by atoms with van der Waals surface area (Å²) in [5.74, 6) is -0.650. The molecule has 1 saturated heterocycles. The number of nitrogens with two attached hydrogens (primary N) is 1. The van der Waals surface area contributed by atoms with Crippen molar-refractivity contribution in [3.05, 3.63) is 12.7 Å². The van der Waals surface area contributed by atoms with Gasteiger partial charge in [-0.1, -0.05) is 0 Å². The van der Waals surface area contributed by atoms with E-state index < -0.39 is 12.1 Å². The van der Waals surface area contributed by atoms with Crippen molar-refractivity contribution in [2.24, 2.45) is 0 Å². The van der Waals surface area contributed by atoms with Crippen LogP contribution in [0.3, 0.4) is 0 Å². The highest BCUT2D eigenvalue weighted by Crippen LogP contribution is 2.30. The molecule has 0 radical (unpaired) electrons. The van der Waals surface area contributed by atoms with Gasteiger partial charge in [-0.05, 0) is 12.8 Å². The average Bonchev–Trinajstić information content (AvgIpc) is 2.94. The Hall–Kier alpha value is -2.22. The van der Waals surface area contributed by atoms with Gasteiger partial charge in [0, 0.05) is 0 Å². The molecular formula is C10H11N5O3. The molecule has 1 aliphatic heterocycles. The normalized spacial score (nSPS) is 23.6. The summed E-state index contributed by atoms with van der Waals surface area (Å²) in [4.78, 5) is 22.9. The lowest BCUT2D eigenvalue weighted by molar-refractivity contribution is -0.151. The van der Waals surface area contributed by atoms with Crippen molar-refractivity contribution in [1.29, 1.82) is 0 Å². The van der Waals surface area contributed by atoms with Gasteiger partial charge in [-0.2, -0.15) is 0 Å². The summed E-state index contributed by atoms with van der Waals surface area (Å²) in [5, 5.41) is 8.89. The molecule has 0 aliphatic carbocycles. The fourth-order valence-electron chi connectivity index (χ4n) is 2.09. The molecule has 0 spiro atoms. The highest BCUT2D eigenvalue weighted by atomic mass is 16.5. The lowest BCUT2D eigenvalue weighted by Gasteiger charge is -2.12. The van der Waals surface area contributed by atoms with Crippen LogP contribution in [0.15, 0.2) is 12.7 Å². The van der Waals surface area contributed by atoms with Crippen LogP contribution in [0, 0.1) is 0 Å². The number of hydrogen-bond donors (Lipinski definition) is 2. The second kappa shape index (κ2) is 3.91. The first-order valence-electron chi connectivity index (χ1n) is 5.48. The van der Waals surface area contributed by atoms with E-state index in [2.05, 4.69) is 15.0 Å². The van der Waals surface area contributed by atoms with Gasteiger partial charge in [-0.25, -0.2) is 19.7 Å². The zero-order valence-corrected chi connectivity index (χ0v) is 9.35. The summed E-state index contributed by atoms with van der Waals surface area (Å²) in [6.45, 7) is 0. The highest BCUT2D eigenvalue weighted by Gasteiger charge is 2.32. The Morgan fingerprint density at radius 3 is 3.00 bits per heavy atom. The van der Waals surface area contributed by atoms with E-state index in [1.807, 2.05) is 0 Å². The molecule has 0 aromatic carbocycles. The van der Waals surface area contributed by atoms with Gasteiger partial charge in [0.1, 0.15) is 18.1 Å². The van der Waals surface area contributed by atoms with Gasteiger partial charge in [0.25, 0.3) is 0 Å². The minimum absolute atomic E-state index is 0.298. The quantitative estimate of drug-likeness (QED) is 0.779. The summed E-state index contributed by atoms with van der Waals surface area (Å²) in [6.07, 6.45) is 2.83. The zero-order chi connectivity index (χ0) is 12.7.